The zero-order valence-corrected chi connectivity index (χ0v) is 15.2. The van der Waals surface area contributed by atoms with E-state index < -0.39 is 0 Å². The van der Waals surface area contributed by atoms with Gasteiger partial charge in [0.25, 0.3) is 5.91 Å². The highest BCUT2D eigenvalue weighted by Crippen LogP contribution is 2.19. The summed E-state index contributed by atoms with van der Waals surface area (Å²) in [5.74, 6) is 0.570. The van der Waals surface area contributed by atoms with Crippen LogP contribution in [0.3, 0.4) is 0 Å². The van der Waals surface area contributed by atoms with E-state index in [1.807, 2.05) is 54.9 Å². The summed E-state index contributed by atoms with van der Waals surface area (Å²) in [6.07, 6.45) is 1.73. The number of aryl methyl sites for hydroxylation is 2. The Labute approximate surface area is 156 Å². The number of aromatic amines is 1. The molecule has 1 amide bonds. The minimum atomic E-state index is -0.118. The first-order chi connectivity index (χ1) is 13.1. The van der Waals surface area contributed by atoms with E-state index >= 15 is 0 Å². The number of nitrogens with zero attached hydrogens (tertiary/aromatic N) is 4. The monoisotopic (exact) mass is 360 g/mol. The molecule has 0 atom stereocenters. The van der Waals surface area contributed by atoms with Crippen molar-refractivity contribution in [2.75, 3.05) is 6.54 Å². The second kappa shape index (κ2) is 7.03. The lowest BCUT2D eigenvalue weighted by Crippen LogP contribution is -2.27. The number of pyridine rings is 1. The number of hydrogen-bond donors (Lipinski definition) is 2. The summed E-state index contributed by atoms with van der Waals surface area (Å²) < 4.78 is 1.90. The van der Waals surface area contributed by atoms with E-state index in [-0.39, 0.29) is 5.91 Å². The van der Waals surface area contributed by atoms with Gasteiger partial charge < -0.3 is 10.3 Å². The molecule has 2 N–H and O–H groups in total. The molecule has 0 unspecified atom stereocenters. The first kappa shape index (κ1) is 17.0. The second-order valence-electron chi connectivity index (χ2n) is 6.44. The number of carbonyl (C=O) groups is 1. The van der Waals surface area contributed by atoms with Crippen molar-refractivity contribution in [2.45, 2.75) is 20.4 Å². The fraction of sp³-hybridized carbons (Fsp3) is 0.200. The molecule has 27 heavy (non-hydrogen) atoms. The largest absolute Gasteiger partial charge is 0.350 e. The smallest absolute Gasteiger partial charge is 0.251 e. The third-order valence-electron chi connectivity index (χ3n) is 4.36. The standard InChI is InChI=1S/C20H20N6O/c1-13-11-14(2)26(25-13)10-9-22-20(27)15-6-7-16-18(12-15)24-19(23-16)17-5-3-4-8-21-17/h3-8,11-12H,9-10H2,1-2H3,(H,22,27)(H,23,24). The summed E-state index contributed by atoms with van der Waals surface area (Å²) in [6, 6.07) is 13.1. The lowest BCUT2D eigenvalue weighted by Gasteiger charge is -2.07. The van der Waals surface area contributed by atoms with Crippen LogP contribution >= 0.6 is 0 Å². The maximum Gasteiger partial charge on any atom is 0.251 e. The lowest BCUT2D eigenvalue weighted by atomic mass is 10.2. The average molecular weight is 360 g/mol. The van der Waals surface area contributed by atoms with Crippen molar-refractivity contribution in [3.8, 4) is 11.5 Å². The molecule has 4 rings (SSSR count). The molecular weight excluding hydrogens is 340 g/mol. The van der Waals surface area contributed by atoms with Crippen LogP contribution in [0.15, 0.2) is 48.7 Å². The van der Waals surface area contributed by atoms with Crippen LogP contribution in [-0.2, 0) is 6.54 Å². The zero-order chi connectivity index (χ0) is 18.8. The fourth-order valence-electron chi connectivity index (χ4n) is 3.05. The second-order valence-corrected chi connectivity index (χ2v) is 6.44. The minimum Gasteiger partial charge on any atom is -0.350 e. The lowest BCUT2D eigenvalue weighted by molar-refractivity contribution is 0.0952. The van der Waals surface area contributed by atoms with E-state index in [4.69, 9.17) is 0 Å². The first-order valence-electron chi connectivity index (χ1n) is 8.80. The number of H-pyrrole nitrogens is 1. The van der Waals surface area contributed by atoms with Gasteiger partial charge in [0.1, 0.15) is 5.69 Å². The predicted molar refractivity (Wildman–Crippen MR) is 103 cm³/mol. The zero-order valence-electron chi connectivity index (χ0n) is 15.2. The highest BCUT2D eigenvalue weighted by molar-refractivity contribution is 5.97. The Bertz CT molecular complexity index is 1100. The number of aromatic nitrogens is 5. The number of benzene rings is 1. The van der Waals surface area contributed by atoms with Crippen molar-refractivity contribution in [3.05, 3.63) is 65.6 Å². The highest BCUT2D eigenvalue weighted by Gasteiger charge is 2.10. The topological polar surface area (TPSA) is 88.5 Å². The Morgan fingerprint density at radius 3 is 2.81 bits per heavy atom. The summed E-state index contributed by atoms with van der Waals surface area (Å²) in [7, 11) is 0. The number of amides is 1. The number of rotatable bonds is 5. The number of fused-ring (bicyclic) bond motifs is 1. The molecule has 0 bridgehead atoms. The maximum absolute atomic E-state index is 12.5. The Morgan fingerprint density at radius 2 is 2.07 bits per heavy atom. The average Bonchev–Trinajstić information content (AvgIpc) is 3.24. The normalized spacial score (nSPS) is 11.0. The first-order valence-corrected chi connectivity index (χ1v) is 8.80. The summed E-state index contributed by atoms with van der Waals surface area (Å²) in [4.78, 5) is 24.5. The Morgan fingerprint density at radius 1 is 1.19 bits per heavy atom. The van der Waals surface area contributed by atoms with Gasteiger partial charge in [0.15, 0.2) is 5.82 Å². The third kappa shape index (κ3) is 3.57. The van der Waals surface area contributed by atoms with Crippen LogP contribution in [0.2, 0.25) is 0 Å². The van der Waals surface area contributed by atoms with Crippen molar-refractivity contribution in [2.24, 2.45) is 0 Å². The summed E-state index contributed by atoms with van der Waals surface area (Å²) in [5.41, 5.74) is 5.03. The van der Waals surface area contributed by atoms with Gasteiger partial charge in [0.05, 0.1) is 23.3 Å². The molecule has 0 fully saturated rings. The van der Waals surface area contributed by atoms with Gasteiger partial charge >= 0.3 is 0 Å². The number of carbonyl (C=O) groups excluding carboxylic acids is 1. The van der Waals surface area contributed by atoms with E-state index in [1.54, 1.807) is 12.3 Å². The van der Waals surface area contributed by atoms with Gasteiger partial charge in [0, 0.05) is 24.0 Å². The van der Waals surface area contributed by atoms with Gasteiger partial charge in [-0.25, -0.2) is 4.98 Å². The van der Waals surface area contributed by atoms with Gasteiger partial charge in [-0.3, -0.25) is 14.5 Å². The van der Waals surface area contributed by atoms with Crippen LogP contribution in [0, 0.1) is 13.8 Å². The molecule has 0 saturated carbocycles. The van der Waals surface area contributed by atoms with Crippen molar-refractivity contribution < 1.29 is 4.79 Å². The molecule has 0 aliphatic carbocycles. The van der Waals surface area contributed by atoms with Crippen LogP contribution in [-0.4, -0.2) is 37.2 Å². The SMILES string of the molecule is Cc1cc(C)n(CCNC(=O)c2ccc3nc(-c4ccccn4)[nH]c3c2)n1. The van der Waals surface area contributed by atoms with E-state index in [0.29, 0.717) is 24.5 Å². The molecule has 0 spiro atoms. The molecule has 1 aromatic carbocycles. The molecule has 7 nitrogen and oxygen atoms in total. The molecule has 0 aliphatic heterocycles. The molecule has 7 heteroatoms. The number of nitrogens with one attached hydrogen (secondary N) is 2. The molecule has 3 aromatic heterocycles. The van der Waals surface area contributed by atoms with Crippen LogP contribution < -0.4 is 5.32 Å². The van der Waals surface area contributed by atoms with Gasteiger partial charge in [-0.1, -0.05) is 6.07 Å². The molecule has 4 aromatic rings. The molecule has 3 heterocycles. The van der Waals surface area contributed by atoms with Crippen LogP contribution in [0.5, 0.6) is 0 Å². The van der Waals surface area contributed by atoms with Crippen LogP contribution in [0.1, 0.15) is 21.7 Å². The van der Waals surface area contributed by atoms with Crippen molar-refractivity contribution in [1.82, 2.24) is 30.0 Å². The van der Waals surface area contributed by atoms with E-state index in [0.717, 1.165) is 28.1 Å². The van der Waals surface area contributed by atoms with Gasteiger partial charge in [-0.05, 0) is 50.2 Å². The van der Waals surface area contributed by atoms with Gasteiger partial charge in [-0.2, -0.15) is 5.10 Å². The number of imidazole rings is 1. The van der Waals surface area contributed by atoms with Gasteiger partial charge in [0.2, 0.25) is 0 Å². The highest BCUT2D eigenvalue weighted by atomic mass is 16.1. The quantitative estimate of drug-likeness (QED) is 0.573. The van der Waals surface area contributed by atoms with Crippen molar-refractivity contribution in [1.29, 1.82) is 0 Å². The van der Waals surface area contributed by atoms with Gasteiger partial charge in [-0.15, -0.1) is 0 Å². The summed E-state index contributed by atoms with van der Waals surface area (Å²) >= 11 is 0. The minimum absolute atomic E-state index is 0.118. The fourth-order valence-corrected chi connectivity index (χ4v) is 3.05. The molecule has 136 valence electrons. The molecule has 0 radical (unpaired) electrons. The Kier molecular flexibility index (Phi) is 4.42. The van der Waals surface area contributed by atoms with E-state index in [1.165, 1.54) is 0 Å². The van der Waals surface area contributed by atoms with Crippen molar-refractivity contribution >= 4 is 16.9 Å². The van der Waals surface area contributed by atoms with E-state index in [9.17, 15) is 4.79 Å². The summed E-state index contributed by atoms with van der Waals surface area (Å²) in [5, 5.41) is 7.34. The maximum atomic E-state index is 12.5. The Balaban J connectivity index is 1.46. The molecular formula is C20H20N6O. The predicted octanol–water partition coefficient (Wildman–Crippen LogP) is 2.87. The van der Waals surface area contributed by atoms with Crippen LogP contribution in [0.25, 0.3) is 22.6 Å². The summed E-state index contributed by atoms with van der Waals surface area (Å²) in [6.45, 7) is 5.12. The Hall–Kier alpha value is -3.48. The number of hydrogen-bond acceptors (Lipinski definition) is 4. The molecule has 0 aliphatic rings. The van der Waals surface area contributed by atoms with Crippen LogP contribution in [0.4, 0.5) is 0 Å². The van der Waals surface area contributed by atoms with Crippen molar-refractivity contribution in [3.63, 3.8) is 0 Å². The van der Waals surface area contributed by atoms with E-state index in [2.05, 4.69) is 25.4 Å². The third-order valence-corrected chi connectivity index (χ3v) is 4.36. The molecule has 0 saturated heterocycles.